The molecule has 0 heterocycles. The minimum atomic E-state index is 0. The molecule has 0 amide bonds. The van der Waals surface area contributed by atoms with Gasteiger partial charge in [-0.2, -0.15) is 12.6 Å². The Bertz CT molecular complexity index is 21.5. The maximum absolute atomic E-state index is 4.10. The fourth-order valence-electron chi connectivity index (χ4n) is 0. The molecular formula is C4H10CuS. The molecule has 0 saturated heterocycles. The van der Waals surface area contributed by atoms with Crippen molar-refractivity contribution >= 4 is 12.6 Å². The van der Waals surface area contributed by atoms with Gasteiger partial charge >= 0.3 is 0 Å². The second kappa shape index (κ2) is 5.87. The molecule has 0 fully saturated rings. The van der Waals surface area contributed by atoms with Crippen LogP contribution in [-0.4, -0.2) is 5.25 Å². The van der Waals surface area contributed by atoms with Gasteiger partial charge in [0.25, 0.3) is 0 Å². The van der Waals surface area contributed by atoms with Crippen LogP contribution in [-0.2, 0) is 17.1 Å². The Labute approximate surface area is 55.6 Å². The van der Waals surface area contributed by atoms with E-state index < -0.39 is 0 Å². The molecule has 0 nitrogen and oxygen atoms in total. The molecule has 0 spiro atoms. The van der Waals surface area contributed by atoms with Crippen LogP contribution >= 0.6 is 12.6 Å². The van der Waals surface area contributed by atoms with E-state index in [0.29, 0.717) is 5.25 Å². The summed E-state index contributed by atoms with van der Waals surface area (Å²) in [5.41, 5.74) is 0. The minimum Gasteiger partial charge on any atom is -0.176 e. The van der Waals surface area contributed by atoms with E-state index in [4.69, 9.17) is 0 Å². The van der Waals surface area contributed by atoms with Crippen molar-refractivity contribution in [1.82, 2.24) is 0 Å². The summed E-state index contributed by atoms with van der Waals surface area (Å²) in [5.74, 6) is 0. The Morgan fingerprint density at radius 2 is 1.83 bits per heavy atom. The third-order valence-electron chi connectivity index (χ3n) is 0.591. The Hall–Kier alpha value is 0.869. The van der Waals surface area contributed by atoms with Crippen LogP contribution in [0.3, 0.4) is 0 Å². The van der Waals surface area contributed by atoms with Gasteiger partial charge in [-0.15, -0.1) is 0 Å². The molecule has 0 aromatic heterocycles. The van der Waals surface area contributed by atoms with Crippen LogP contribution in [0.2, 0.25) is 0 Å². The van der Waals surface area contributed by atoms with Gasteiger partial charge in [-0.05, 0) is 11.7 Å². The molecule has 0 aromatic rings. The van der Waals surface area contributed by atoms with Crippen molar-refractivity contribution in [3.63, 3.8) is 0 Å². The van der Waals surface area contributed by atoms with Crippen molar-refractivity contribution in [2.75, 3.05) is 0 Å². The summed E-state index contributed by atoms with van der Waals surface area (Å²) < 4.78 is 0. The van der Waals surface area contributed by atoms with Crippen LogP contribution in [0.4, 0.5) is 0 Å². The van der Waals surface area contributed by atoms with E-state index >= 15 is 0 Å². The van der Waals surface area contributed by atoms with Gasteiger partial charge in [0.15, 0.2) is 0 Å². The van der Waals surface area contributed by atoms with Crippen LogP contribution in [0.5, 0.6) is 0 Å². The largest absolute Gasteiger partial charge is 0.176 e. The zero-order valence-corrected chi connectivity index (χ0v) is 5.87. The SMILES string of the molecule is CCC(C)S.[Cu]. The summed E-state index contributed by atoms with van der Waals surface area (Å²) in [6.07, 6.45) is 1.17. The maximum Gasteiger partial charge on any atom is 0 e. The summed E-state index contributed by atoms with van der Waals surface area (Å²) in [5, 5.41) is 0.579. The van der Waals surface area contributed by atoms with Crippen LogP contribution < -0.4 is 0 Å². The van der Waals surface area contributed by atoms with Crippen molar-refractivity contribution < 1.29 is 17.1 Å². The van der Waals surface area contributed by atoms with Gasteiger partial charge < -0.3 is 0 Å². The standard InChI is InChI=1S/C4H10S.Cu/c1-3-4(2)5;/h4-5H,3H2,1-2H3;. The molecule has 0 aromatic carbocycles. The summed E-state index contributed by atoms with van der Waals surface area (Å²) in [4.78, 5) is 0. The number of hydrogen-bond acceptors (Lipinski definition) is 1. The first-order chi connectivity index (χ1) is 2.27. The van der Waals surface area contributed by atoms with Gasteiger partial charge in [-0.3, -0.25) is 0 Å². The van der Waals surface area contributed by atoms with Crippen LogP contribution in [0.15, 0.2) is 0 Å². The monoisotopic (exact) mass is 153 g/mol. The van der Waals surface area contributed by atoms with Crippen LogP contribution in [0.25, 0.3) is 0 Å². The molecule has 0 aliphatic heterocycles. The Kier molecular flexibility index (Phi) is 9.76. The first-order valence-electron chi connectivity index (χ1n) is 1.95. The van der Waals surface area contributed by atoms with E-state index in [1.165, 1.54) is 6.42 Å². The van der Waals surface area contributed by atoms with Crippen LogP contribution in [0.1, 0.15) is 20.3 Å². The summed E-state index contributed by atoms with van der Waals surface area (Å²) in [6.45, 7) is 4.21. The molecule has 0 rings (SSSR count). The van der Waals surface area contributed by atoms with Gasteiger partial charge in [0, 0.05) is 17.1 Å². The third kappa shape index (κ3) is 8.85. The molecule has 1 unspecified atom stereocenters. The fourth-order valence-corrected chi connectivity index (χ4v) is 0. The fraction of sp³-hybridized carbons (Fsp3) is 1.00. The molecule has 2 heteroatoms. The summed E-state index contributed by atoms with van der Waals surface area (Å²) in [6, 6.07) is 0. The second-order valence-electron chi connectivity index (χ2n) is 1.26. The Morgan fingerprint density at radius 3 is 1.83 bits per heavy atom. The predicted molar refractivity (Wildman–Crippen MR) is 28.7 cm³/mol. The molecule has 0 N–H and O–H groups in total. The van der Waals surface area contributed by atoms with Crippen molar-refractivity contribution in [3.8, 4) is 0 Å². The third-order valence-corrected chi connectivity index (χ3v) is 0.956. The maximum atomic E-state index is 4.10. The molecule has 0 bridgehead atoms. The van der Waals surface area contributed by atoms with Crippen molar-refractivity contribution in [2.45, 2.75) is 25.5 Å². The van der Waals surface area contributed by atoms with Crippen LogP contribution in [0, 0.1) is 0 Å². The summed E-state index contributed by atoms with van der Waals surface area (Å²) in [7, 11) is 0. The number of hydrogen-bond donors (Lipinski definition) is 1. The minimum absolute atomic E-state index is 0. The normalized spacial score (nSPS) is 12.5. The van der Waals surface area contributed by atoms with Crippen molar-refractivity contribution in [2.24, 2.45) is 0 Å². The number of rotatable bonds is 1. The van der Waals surface area contributed by atoms with E-state index in [1.54, 1.807) is 0 Å². The van der Waals surface area contributed by atoms with Gasteiger partial charge in [-0.25, -0.2) is 0 Å². The molecule has 43 valence electrons. The van der Waals surface area contributed by atoms with E-state index in [2.05, 4.69) is 26.5 Å². The smallest absolute Gasteiger partial charge is 0 e. The number of thiol groups is 1. The molecule has 1 atom stereocenters. The molecule has 0 aliphatic rings. The van der Waals surface area contributed by atoms with E-state index in [9.17, 15) is 0 Å². The van der Waals surface area contributed by atoms with Gasteiger partial charge in [0.05, 0.1) is 0 Å². The molecule has 1 radical (unpaired) electrons. The average molecular weight is 154 g/mol. The zero-order valence-electron chi connectivity index (χ0n) is 4.03. The first kappa shape index (κ1) is 9.98. The zero-order chi connectivity index (χ0) is 4.28. The Morgan fingerprint density at radius 1 is 1.67 bits per heavy atom. The molecule has 0 aliphatic carbocycles. The molecular weight excluding hydrogens is 144 g/mol. The molecule has 0 saturated carbocycles. The topological polar surface area (TPSA) is 0 Å². The van der Waals surface area contributed by atoms with Gasteiger partial charge in [0.1, 0.15) is 0 Å². The quantitative estimate of drug-likeness (QED) is 0.431. The first-order valence-corrected chi connectivity index (χ1v) is 2.47. The second-order valence-corrected chi connectivity index (χ2v) is 2.14. The van der Waals surface area contributed by atoms with Crippen molar-refractivity contribution in [3.05, 3.63) is 0 Å². The van der Waals surface area contributed by atoms with Gasteiger partial charge in [0.2, 0.25) is 0 Å². The Balaban J connectivity index is 0. The van der Waals surface area contributed by atoms with E-state index in [1.807, 2.05) is 0 Å². The summed E-state index contributed by atoms with van der Waals surface area (Å²) >= 11 is 4.10. The van der Waals surface area contributed by atoms with Crippen molar-refractivity contribution in [1.29, 1.82) is 0 Å². The average Bonchev–Trinajstić information content (AvgIpc) is 1.38. The molecule has 6 heavy (non-hydrogen) atoms. The predicted octanol–water partition coefficient (Wildman–Crippen LogP) is 1.71. The van der Waals surface area contributed by atoms with Gasteiger partial charge in [-0.1, -0.05) is 13.8 Å². The van der Waals surface area contributed by atoms with E-state index in [0.717, 1.165) is 0 Å². The van der Waals surface area contributed by atoms with E-state index in [-0.39, 0.29) is 17.1 Å².